The molecule has 3 rings (SSSR count). The number of pyridine rings is 1. The number of benzene rings is 2. The zero-order valence-electron chi connectivity index (χ0n) is 13.5. The Hall–Kier alpha value is -2.22. The maximum absolute atomic E-state index is 12.8. The van der Waals surface area contributed by atoms with Crippen molar-refractivity contribution < 1.29 is 35.8 Å². The van der Waals surface area contributed by atoms with Crippen LogP contribution < -0.4 is 41.3 Å². The smallest absolute Gasteiger partial charge is 0.363 e. The van der Waals surface area contributed by atoms with E-state index in [9.17, 15) is 9.90 Å². The Morgan fingerprint density at radius 3 is 2.25 bits per heavy atom. The molecule has 0 saturated carbocycles. The minimum atomic E-state index is -0.869. The summed E-state index contributed by atoms with van der Waals surface area (Å²) < 4.78 is 13.2. The third-order valence-corrected chi connectivity index (χ3v) is 6.59. The molecule has 0 aliphatic rings. The standard InChI is InChI=1S/C18H16INO4/c1-20-15-10-13(24-3)8-9-14(15)17(21)16(18(20)22)19-11-4-6-12(23-2)7-5-11/h4-10H,1-3H3. The van der Waals surface area contributed by atoms with Crippen molar-refractivity contribution in [3.63, 3.8) is 0 Å². The SMILES string of the molecule is COc1ccc([I+]c2c([O-])c3ccc(OC)cc3n(C)c2=O)cc1. The first-order valence-electron chi connectivity index (χ1n) is 7.21. The fourth-order valence-corrected chi connectivity index (χ4v) is 4.88. The molecule has 0 atom stereocenters. The average molecular weight is 437 g/mol. The average Bonchev–Trinajstić information content (AvgIpc) is 2.63. The van der Waals surface area contributed by atoms with Gasteiger partial charge in [0.15, 0.2) is 3.57 Å². The molecule has 0 aliphatic heterocycles. The number of hydrogen-bond donors (Lipinski definition) is 0. The van der Waals surface area contributed by atoms with E-state index < -0.39 is 21.2 Å². The predicted octanol–water partition coefficient (Wildman–Crippen LogP) is -1.24. The molecule has 24 heavy (non-hydrogen) atoms. The number of methoxy groups -OCH3 is 2. The Morgan fingerprint density at radius 1 is 1.00 bits per heavy atom. The van der Waals surface area contributed by atoms with E-state index in [0.29, 0.717) is 20.2 Å². The van der Waals surface area contributed by atoms with E-state index >= 15 is 0 Å². The van der Waals surface area contributed by atoms with Crippen LogP contribution in [0.25, 0.3) is 10.9 Å². The Bertz CT molecular complexity index is 948. The van der Waals surface area contributed by atoms with Gasteiger partial charge in [0.25, 0.3) is 3.57 Å². The van der Waals surface area contributed by atoms with Gasteiger partial charge in [-0.3, -0.25) is 4.79 Å². The molecule has 5 nitrogen and oxygen atoms in total. The summed E-state index contributed by atoms with van der Waals surface area (Å²) in [6.45, 7) is 0. The monoisotopic (exact) mass is 437 g/mol. The minimum absolute atomic E-state index is 0.181. The van der Waals surface area contributed by atoms with Crippen molar-refractivity contribution in [1.82, 2.24) is 4.57 Å². The summed E-state index contributed by atoms with van der Waals surface area (Å²) in [4.78, 5) is 12.7. The van der Waals surface area contributed by atoms with Crippen molar-refractivity contribution in [2.24, 2.45) is 7.05 Å². The zero-order valence-corrected chi connectivity index (χ0v) is 15.7. The van der Waals surface area contributed by atoms with Crippen molar-refractivity contribution in [1.29, 1.82) is 0 Å². The van der Waals surface area contributed by atoms with Crippen LogP contribution in [-0.2, 0) is 7.05 Å². The fraction of sp³-hybridized carbons (Fsp3) is 0.167. The molecule has 0 spiro atoms. The van der Waals surface area contributed by atoms with Gasteiger partial charge < -0.3 is 19.1 Å². The highest BCUT2D eigenvalue weighted by molar-refractivity contribution is 5.85. The maximum Gasteiger partial charge on any atom is 0.363 e. The first-order valence-corrected chi connectivity index (χ1v) is 9.37. The fourth-order valence-electron chi connectivity index (χ4n) is 2.41. The number of aromatic nitrogens is 1. The van der Waals surface area contributed by atoms with Crippen LogP contribution in [0, 0.1) is 7.14 Å². The summed E-state index contributed by atoms with van der Waals surface area (Å²) >= 11 is -0.869. The molecule has 0 N–H and O–H groups in total. The van der Waals surface area contributed by atoms with Crippen molar-refractivity contribution in [2.75, 3.05) is 14.2 Å². The molecule has 124 valence electrons. The summed E-state index contributed by atoms with van der Waals surface area (Å²) in [7, 11) is 4.85. The molecule has 3 aromatic rings. The second kappa shape index (κ2) is 6.72. The van der Waals surface area contributed by atoms with Gasteiger partial charge in [-0.2, -0.15) is 0 Å². The molecule has 0 aliphatic carbocycles. The van der Waals surface area contributed by atoms with Crippen LogP contribution in [0.1, 0.15) is 0 Å². The molecule has 0 fully saturated rings. The highest BCUT2D eigenvalue weighted by Crippen LogP contribution is 2.24. The van der Waals surface area contributed by atoms with Crippen LogP contribution >= 0.6 is 0 Å². The minimum Gasteiger partial charge on any atom is -0.869 e. The second-order valence-electron chi connectivity index (χ2n) is 5.14. The van der Waals surface area contributed by atoms with E-state index in [2.05, 4.69) is 0 Å². The highest BCUT2D eigenvalue weighted by atomic mass is 127. The summed E-state index contributed by atoms with van der Waals surface area (Å²) in [5.74, 6) is 1.19. The van der Waals surface area contributed by atoms with Crippen LogP contribution in [-0.4, -0.2) is 18.8 Å². The number of hydrogen-bond acceptors (Lipinski definition) is 4. The van der Waals surface area contributed by atoms with Crippen LogP contribution in [0.2, 0.25) is 0 Å². The van der Waals surface area contributed by atoms with E-state index in [1.165, 1.54) is 4.57 Å². The second-order valence-corrected chi connectivity index (χ2v) is 8.01. The molecule has 0 unspecified atom stereocenters. The van der Waals surface area contributed by atoms with Gasteiger partial charge in [0.1, 0.15) is 11.5 Å². The van der Waals surface area contributed by atoms with Gasteiger partial charge in [0, 0.05) is 13.1 Å². The van der Waals surface area contributed by atoms with Crippen LogP contribution in [0.5, 0.6) is 17.2 Å². The Kier molecular flexibility index (Phi) is 4.66. The molecule has 0 amide bonds. The number of halogens is 1. The van der Waals surface area contributed by atoms with Crippen LogP contribution in [0.15, 0.2) is 47.3 Å². The maximum atomic E-state index is 12.8. The Balaban J connectivity index is 2.12. The molecule has 1 heterocycles. The molecular formula is C18H16INO4. The van der Waals surface area contributed by atoms with E-state index in [4.69, 9.17) is 9.47 Å². The topological polar surface area (TPSA) is 63.5 Å². The number of nitrogens with zero attached hydrogens (tertiary/aromatic N) is 1. The summed E-state index contributed by atoms with van der Waals surface area (Å²) in [6, 6.07) is 12.7. The molecule has 0 saturated heterocycles. The molecule has 2 aromatic carbocycles. The van der Waals surface area contributed by atoms with Crippen molar-refractivity contribution in [2.45, 2.75) is 0 Å². The van der Waals surface area contributed by atoms with Gasteiger partial charge in [-0.25, -0.2) is 0 Å². The van der Waals surface area contributed by atoms with Crippen molar-refractivity contribution in [3.8, 4) is 17.2 Å². The number of ether oxygens (including phenoxy) is 2. The number of rotatable bonds is 4. The van der Waals surface area contributed by atoms with Crippen molar-refractivity contribution >= 4 is 10.9 Å². The summed E-state index contributed by atoms with van der Waals surface area (Å²) in [6.07, 6.45) is 0. The molecule has 0 bridgehead atoms. The lowest BCUT2D eigenvalue weighted by atomic mass is 10.2. The number of aryl methyl sites for hydroxylation is 1. The zero-order chi connectivity index (χ0) is 17.3. The van der Waals surface area contributed by atoms with Gasteiger partial charge >= 0.3 is 26.8 Å². The van der Waals surface area contributed by atoms with Gasteiger partial charge in [-0.1, -0.05) is 0 Å². The van der Waals surface area contributed by atoms with Crippen LogP contribution in [0.3, 0.4) is 0 Å². The van der Waals surface area contributed by atoms with Gasteiger partial charge in [0.05, 0.1) is 19.7 Å². The van der Waals surface area contributed by atoms with Gasteiger partial charge in [0.2, 0.25) is 0 Å². The Labute approximate surface area is 149 Å². The molecule has 6 heteroatoms. The van der Waals surface area contributed by atoms with Gasteiger partial charge in [-0.15, -0.1) is 0 Å². The summed E-state index contributed by atoms with van der Waals surface area (Å²) in [5.41, 5.74) is 0.358. The largest absolute Gasteiger partial charge is 0.869 e. The predicted molar refractivity (Wildman–Crippen MR) is 85.6 cm³/mol. The van der Waals surface area contributed by atoms with E-state index in [0.717, 1.165) is 9.32 Å². The quantitative estimate of drug-likeness (QED) is 0.480. The normalized spacial score (nSPS) is 10.8. The molecular weight excluding hydrogens is 421 g/mol. The van der Waals surface area contributed by atoms with E-state index in [1.54, 1.807) is 39.5 Å². The third-order valence-electron chi connectivity index (χ3n) is 3.76. The molecule has 1 aromatic heterocycles. The first-order chi connectivity index (χ1) is 11.5. The first kappa shape index (κ1) is 16.6. The van der Waals surface area contributed by atoms with Crippen molar-refractivity contribution in [3.05, 3.63) is 60.0 Å². The lowest BCUT2D eigenvalue weighted by Crippen LogP contribution is -3.62. The number of fused-ring (bicyclic) bond motifs is 1. The lowest BCUT2D eigenvalue weighted by Gasteiger charge is -2.14. The van der Waals surface area contributed by atoms with Gasteiger partial charge in [-0.05, 0) is 47.5 Å². The molecule has 0 radical (unpaired) electrons. The van der Waals surface area contributed by atoms with E-state index in [1.807, 2.05) is 24.3 Å². The lowest BCUT2D eigenvalue weighted by molar-refractivity contribution is -0.605. The Morgan fingerprint density at radius 2 is 1.62 bits per heavy atom. The van der Waals surface area contributed by atoms with Crippen LogP contribution in [0.4, 0.5) is 0 Å². The van der Waals surface area contributed by atoms with E-state index in [-0.39, 0.29) is 11.3 Å². The summed E-state index contributed by atoms with van der Waals surface area (Å²) in [5, 5.41) is 13.3. The highest BCUT2D eigenvalue weighted by Gasteiger charge is 2.24. The third kappa shape index (κ3) is 2.93.